The number of carbonyl (C=O) groups excluding carboxylic acids is 1. The number of alkyl halides is 6. The molecule has 0 heterocycles. The zero-order chi connectivity index (χ0) is 28.2. The molecule has 202 valence electrons. The van der Waals surface area contributed by atoms with Gasteiger partial charge in [-0.15, -0.1) is 0 Å². The summed E-state index contributed by atoms with van der Waals surface area (Å²) < 4.78 is 135. The van der Waals surface area contributed by atoms with Crippen molar-refractivity contribution in [2.45, 2.75) is 37.2 Å². The molecule has 1 rings (SSSR count). The molecule has 0 saturated carbocycles. The standard InChI is InChI=1S/C19H21F6NO7S2Si/c1-32-16(27)11-6-5-7-12-26(34(28,29)18(20,21)22)13-14-9-8-10-15(36(2,3)4)17(14)33-35(30,31)19(23,24)25/h6,8-11H,12-13H2,1-4H3/b11-6+. The van der Waals surface area contributed by atoms with Crippen molar-refractivity contribution in [3.63, 3.8) is 0 Å². The minimum absolute atomic E-state index is 0.00993. The van der Waals surface area contributed by atoms with Crippen LogP contribution >= 0.6 is 0 Å². The topological polar surface area (TPSA) is 107 Å². The Morgan fingerprint density at radius 2 is 1.64 bits per heavy atom. The Labute approximate surface area is 205 Å². The van der Waals surface area contributed by atoms with Gasteiger partial charge < -0.3 is 8.92 Å². The third-order valence-corrected chi connectivity index (χ3v) is 8.71. The normalized spacial score (nSPS) is 13.4. The van der Waals surface area contributed by atoms with Gasteiger partial charge in [0.2, 0.25) is 0 Å². The molecule has 0 bridgehead atoms. The van der Waals surface area contributed by atoms with Gasteiger partial charge in [-0.05, 0) is 11.3 Å². The monoisotopic (exact) mass is 581 g/mol. The van der Waals surface area contributed by atoms with Crippen LogP contribution in [0.4, 0.5) is 26.3 Å². The van der Waals surface area contributed by atoms with Crippen molar-refractivity contribution in [3.8, 4) is 17.6 Å². The van der Waals surface area contributed by atoms with Gasteiger partial charge in [0.15, 0.2) is 0 Å². The molecule has 36 heavy (non-hydrogen) atoms. The molecule has 0 spiro atoms. The molecule has 0 aliphatic heterocycles. The molecule has 0 unspecified atom stereocenters. The lowest BCUT2D eigenvalue weighted by Gasteiger charge is -2.26. The number of ether oxygens (including phenoxy) is 1. The molecular weight excluding hydrogens is 560 g/mol. The van der Waals surface area contributed by atoms with Crippen molar-refractivity contribution in [3.05, 3.63) is 35.9 Å². The molecule has 0 N–H and O–H groups in total. The van der Waals surface area contributed by atoms with E-state index in [1.165, 1.54) is 12.1 Å². The molecular formula is C19H21F6NO7S2Si. The van der Waals surface area contributed by atoms with Crippen molar-refractivity contribution in [2.24, 2.45) is 0 Å². The molecule has 0 aliphatic carbocycles. The Kier molecular flexibility index (Phi) is 9.82. The summed E-state index contributed by atoms with van der Waals surface area (Å²) in [5, 5.41) is -0.00993. The van der Waals surface area contributed by atoms with Gasteiger partial charge in [-0.3, -0.25) is 0 Å². The quantitative estimate of drug-likeness (QED) is 0.0884. The maximum atomic E-state index is 13.3. The summed E-state index contributed by atoms with van der Waals surface area (Å²) in [4.78, 5) is 11.0. The third kappa shape index (κ3) is 7.98. The third-order valence-electron chi connectivity index (χ3n) is 4.22. The maximum absolute atomic E-state index is 13.3. The predicted octanol–water partition coefficient (Wildman–Crippen LogP) is 2.84. The van der Waals surface area contributed by atoms with E-state index in [0.717, 1.165) is 25.3 Å². The van der Waals surface area contributed by atoms with Gasteiger partial charge in [-0.25, -0.2) is 13.2 Å². The van der Waals surface area contributed by atoms with Crippen LogP contribution in [0.2, 0.25) is 19.6 Å². The lowest BCUT2D eigenvalue weighted by atomic mass is 10.2. The highest BCUT2D eigenvalue weighted by molar-refractivity contribution is 7.90. The number of sulfonamides is 1. The second-order valence-corrected chi connectivity index (χ2v) is 16.4. The SMILES string of the molecule is COC(=O)/C=C/C#CCN(Cc1cccc([Si](C)(C)C)c1OS(=O)(=O)C(F)(F)F)S(=O)(=O)C(F)(F)F. The summed E-state index contributed by atoms with van der Waals surface area (Å²) >= 11 is 0. The summed E-state index contributed by atoms with van der Waals surface area (Å²) in [6.07, 6.45) is 1.68. The molecule has 17 heteroatoms. The molecule has 1 aromatic carbocycles. The van der Waals surface area contributed by atoms with Crippen LogP contribution in [0.5, 0.6) is 5.75 Å². The van der Waals surface area contributed by atoms with E-state index in [4.69, 9.17) is 0 Å². The van der Waals surface area contributed by atoms with Crippen LogP contribution < -0.4 is 9.37 Å². The second kappa shape index (κ2) is 11.2. The minimum atomic E-state index is -6.24. The van der Waals surface area contributed by atoms with E-state index in [1.807, 2.05) is 0 Å². The first-order valence-corrected chi connectivity index (χ1v) is 15.9. The number of nitrogens with zero attached hydrogens (tertiary/aromatic N) is 1. The molecule has 0 aromatic heterocycles. The van der Waals surface area contributed by atoms with Gasteiger partial charge >= 0.3 is 37.1 Å². The van der Waals surface area contributed by atoms with Crippen molar-refractivity contribution in [1.29, 1.82) is 0 Å². The van der Waals surface area contributed by atoms with Gasteiger partial charge in [-0.1, -0.05) is 49.7 Å². The van der Waals surface area contributed by atoms with E-state index < -0.39 is 69.6 Å². The summed E-state index contributed by atoms with van der Waals surface area (Å²) in [6.45, 7) is 2.46. The Morgan fingerprint density at radius 3 is 2.11 bits per heavy atom. The molecule has 0 atom stereocenters. The average molecular weight is 582 g/mol. The smallest absolute Gasteiger partial charge is 0.466 e. The molecule has 0 saturated heterocycles. The zero-order valence-electron chi connectivity index (χ0n) is 19.2. The van der Waals surface area contributed by atoms with Gasteiger partial charge in [0.1, 0.15) is 5.75 Å². The number of benzene rings is 1. The van der Waals surface area contributed by atoms with Crippen LogP contribution in [-0.2, 0) is 36.2 Å². The number of hydrogen-bond donors (Lipinski definition) is 0. The number of hydrogen-bond acceptors (Lipinski definition) is 7. The fourth-order valence-electron chi connectivity index (χ4n) is 2.49. The second-order valence-electron chi connectivity index (χ2n) is 7.92. The van der Waals surface area contributed by atoms with Gasteiger partial charge in [0.25, 0.3) is 0 Å². The van der Waals surface area contributed by atoms with E-state index in [-0.39, 0.29) is 9.49 Å². The van der Waals surface area contributed by atoms with E-state index in [0.29, 0.717) is 0 Å². The van der Waals surface area contributed by atoms with Crippen LogP contribution in [0.1, 0.15) is 5.56 Å². The fraction of sp³-hybridized carbons (Fsp3) is 0.421. The van der Waals surface area contributed by atoms with Crippen molar-refractivity contribution in [2.75, 3.05) is 13.7 Å². The molecule has 0 amide bonds. The zero-order valence-corrected chi connectivity index (χ0v) is 21.8. The predicted molar refractivity (Wildman–Crippen MR) is 119 cm³/mol. The molecule has 0 radical (unpaired) electrons. The number of rotatable bonds is 8. The van der Waals surface area contributed by atoms with E-state index >= 15 is 0 Å². The highest BCUT2D eigenvalue weighted by atomic mass is 32.2. The van der Waals surface area contributed by atoms with Crippen LogP contribution in [0.3, 0.4) is 0 Å². The van der Waals surface area contributed by atoms with Crippen LogP contribution in [0.25, 0.3) is 0 Å². The van der Waals surface area contributed by atoms with E-state index in [9.17, 15) is 48.0 Å². The van der Waals surface area contributed by atoms with E-state index in [2.05, 4.69) is 20.8 Å². The minimum Gasteiger partial charge on any atom is -0.466 e. The largest absolute Gasteiger partial charge is 0.534 e. The van der Waals surface area contributed by atoms with Crippen LogP contribution in [-0.4, -0.2) is 59.9 Å². The highest BCUT2D eigenvalue weighted by Crippen LogP contribution is 2.32. The van der Waals surface area contributed by atoms with Crippen molar-refractivity contribution in [1.82, 2.24) is 4.31 Å². The summed E-state index contributed by atoms with van der Waals surface area (Å²) in [6, 6.07) is 3.41. The Morgan fingerprint density at radius 1 is 1.06 bits per heavy atom. The molecule has 8 nitrogen and oxygen atoms in total. The number of halogens is 6. The first-order valence-electron chi connectivity index (χ1n) is 9.57. The number of allylic oxidation sites excluding steroid dienone is 1. The average Bonchev–Trinajstić information content (AvgIpc) is 2.70. The highest BCUT2D eigenvalue weighted by Gasteiger charge is 2.51. The van der Waals surface area contributed by atoms with Crippen molar-refractivity contribution >= 4 is 39.4 Å². The Balaban J connectivity index is 3.66. The maximum Gasteiger partial charge on any atom is 0.534 e. The Hall–Kier alpha value is -2.55. The van der Waals surface area contributed by atoms with Crippen LogP contribution in [0.15, 0.2) is 30.4 Å². The molecule has 0 fully saturated rings. The first kappa shape index (κ1) is 31.5. The van der Waals surface area contributed by atoms with Crippen LogP contribution in [0, 0.1) is 11.8 Å². The number of para-hydroxylation sites is 1. The fourth-order valence-corrected chi connectivity index (χ4v) is 5.40. The summed E-state index contributed by atoms with van der Waals surface area (Å²) in [7, 11) is -14.0. The molecule has 0 aliphatic rings. The lowest BCUT2D eigenvalue weighted by molar-refractivity contribution is -0.134. The number of carbonyl (C=O) groups is 1. The van der Waals surface area contributed by atoms with Gasteiger partial charge in [0, 0.05) is 18.2 Å². The number of methoxy groups -OCH3 is 1. The number of esters is 1. The molecule has 1 aromatic rings. The summed E-state index contributed by atoms with van der Waals surface area (Å²) in [5.41, 5.74) is -12.2. The van der Waals surface area contributed by atoms with Crippen molar-refractivity contribution < 1.29 is 56.9 Å². The van der Waals surface area contributed by atoms with Gasteiger partial charge in [-0.2, -0.15) is 39.1 Å². The first-order chi connectivity index (χ1) is 16.1. The lowest BCUT2D eigenvalue weighted by Crippen LogP contribution is -2.43. The Bertz CT molecular complexity index is 1270. The van der Waals surface area contributed by atoms with Gasteiger partial charge in [0.05, 0.1) is 21.7 Å². The van der Waals surface area contributed by atoms with E-state index in [1.54, 1.807) is 19.6 Å². The summed E-state index contributed by atoms with van der Waals surface area (Å²) in [5.74, 6) is 2.44.